The molecule has 0 aromatic carbocycles. The van der Waals surface area contributed by atoms with Crippen LogP contribution in [0, 0.1) is 0 Å². The van der Waals surface area contributed by atoms with Crippen molar-refractivity contribution in [1.29, 1.82) is 0 Å². The third kappa shape index (κ3) is 3.62. The standard InChI is InChI=1S/C24H26FN7O3/c1-26-21-9-18(29-23-14(10-28-32(21)23)24(34)30-17-4-5-20(17)33)15-11-31(19-6-8-35-12-16(19)25)22-13(15)3-2-7-27-22/h2-3,7,9-11,16-17,19-20,26,33H,4-6,8,12H2,1H3,(H,30,34)/t16-,17-,19+,20+/m0/s1. The highest BCUT2D eigenvalue weighted by molar-refractivity contribution is 6.01. The SMILES string of the molecule is CNc1cc(-c2cn([C@@H]3CCOC[C@@H]3F)c3ncccc23)nc2c(C(=O)N[C@H]3CC[C@H]3O)cnn12. The zero-order chi connectivity index (χ0) is 24.1. The number of carbonyl (C=O) groups is 1. The molecule has 11 heteroatoms. The molecule has 1 saturated carbocycles. The summed E-state index contributed by atoms with van der Waals surface area (Å²) in [5.74, 6) is 0.314. The molecule has 182 valence electrons. The van der Waals surface area contributed by atoms with Crippen LogP contribution in [0.3, 0.4) is 0 Å². The van der Waals surface area contributed by atoms with Crippen molar-refractivity contribution in [3.05, 3.63) is 42.4 Å². The van der Waals surface area contributed by atoms with E-state index in [4.69, 9.17) is 9.72 Å². The Morgan fingerprint density at radius 3 is 2.91 bits per heavy atom. The number of alkyl halides is 1. The fourth-order valence-electron chi connectivity index (χ4n) is 4.88. The predicted molar refractivity (Wildman–Crippen MR) is 127 cm³/mol. The zero-order valence-electron chi connectivity index (χ0n) is 19.2. The Kier molecular flexibility index (Phi) is 5.37. The van der Waals surface area contributed by atoms with Gasteiger partial charge in [0.05, 0.1) is 36.7 Å². The number of amides is 1. The molecule has 5 heterocycles. The van der Waals surface area contributed by atoms with Gasteiger partial charge in [0, 0.05) is 43.1 Å². The van der Waals surface area contributed by atoms with Crippen LogP contribution in [0.2, 0.25) is 0 Å². The van der Waals surface area contributed by atoms with E-state index in [1.807, 2.05) is 29.0 Å². The van der Waals surface area contributed by atoms with Gasteiger partial charge in [-0.2, -0.15) is 9.61 Å². The minimum absolute atomic E-state index is 0.0601. The van der Waals surface area contributed by atoms with Crippen molar-refractivity contribution in [2.45, 2.75) is 43.6 Å². The molecule has 1 saturated heterocycles. The molecule has 2 aliphatic rings. The van der Waals surface area contributed by atoms with E-state index < -0.39 is 12.3 Å². The third-order valence-corrected chi connectivity index (χ3v) is 7.00. The van der Waals surface area contributed by atoms with Crippen LogP contribution in [0.25, 0.3) is 27.9 Å². The first-order chi connectivity index (χ1) is 17.0. The number of nitrogens with one attached hydrogen (secondary N) is 2. The number of hydrogen-bond acceptors (Lipinski definition) is 7. The van der Waals surface area contributed by atoms with E-state index in [2.05, 4.69) is 20.7 Å². The monoisotopic (exact) mass is 479 g/mol. The maximum Gasteiger partial charge on any atom is 0.257 e. The van der Waals surface area contributed by atoms with Gasteiger partial charge >= 0.3 is 0 Å². The molecule has 1 aliphatic carbocycles. The number of aliphatic hydroxyl groups is 1. The lowest BCUT2D eigenvalue weighted by atomic mass is 9.89. The Labute approximate surface area is 200 Å². The number of aliphatic hydroxyl groups excluding tert-OH is 1. The van der Waals surface area contributed by atoms with E-state index in [1.165, 1.54) is 6.20 Å². The highest BCUT2D eigenvalue weighted by atomic mass is 19.1. The zero-order valence-corrected chi connectivity index (χ0v) is 19.2. The van der Waals surface area contributed by atoms with Gasteiger partial charge in [-0.3, -0.25) is 4.79 Å². The average molecular weight is 480 g/mol. The van der Waals surface area contributed by atoms with Gasteiger partial charge < -0.3 is 25.0 Å². The Bertz CT molecular complexity index is 1420. The second-order valence-corrected chi connectivity index (χ2v) is 9.07. The maximum absolute atomic E-state index is 14.8. The summed E-state index contributed by atoms with van der Waals surface area (Å²) >= 11 is 0. The molecule has 4 aromatic rings. The van der Waals surface area contributed by atoms with E-state index in [1.54, 1.807) is 17.8 Å². The van der Waals surface area contributed by atoms with Crippen molar-refractivity contribution in [2.24, 2.45) is 0 Å². The number of pyridine rings is 1. The Morgan fingerprint density at radius 1 is 1.29 bits per heavy atom. The molecule has 2 fully saturated rings. The minimum Gasteiger partial charge on any atom is -0.391 e. The molecule has 35 heavy (non-hydrogen) atoms. The van der Waals surface area contributed by atoms with Crippen LogP contribution >= 0.6 is 0 Å². The van der Waals surface area contributed by atoms with Crippen molar-refractivity contribution in [3.8, 4) is 11.3 Å². The topological polar surface area (TPSA) is 119 Å². The molecule has 4 aromatic heterocycles. The summed E-state index contributed by atoms with van der Waals surface area (Å²) in [4.78, 5) is 22.3. The Hall–Kier alpha value is -3.57. The first kappa shape index (κ1) is 21.9. The summed E-state index contributed by atoms with van der Waals surface area (Å²) in [5.41, 5.74) is 2.78. The lowest BCUT2D eigenvalue weighted by molar-refractivity contribution is 0.00443. The number of carbonyl (C=O) groups excluding carboxylic acids is 1. The van der Waals surface area contributed by atoms with Crippen molar-refractivity contribution < 1.29 is 19.0 Å². The number of rotatable bonds is 5. The summed E-state index contributed by atoms with van der Waals surface area (Å²) < 4.78 is 23.5. The fraction of sp³-hybridized carbons (Fsp3) is 0.417. The summed E-state index contributed by atoms with van der Waals surface area (Å²) in [6.07, 6.45) is 5.36. The van der Waals surface area contributed by atoms with E-state index in [9.17, 15) is 14.3 Å². The first-order valence-electron chi connectivity index (χ1n) is 11.8. The summed E-state index contributed by atoms with van der Waals surface area (Å²) in [5, 5.41) is 21.0. The lowest BCUT2D eigenvalue weighted by Gasteiger charge is -2.32. The molecule has 3 N–H and O–H groups in total. The van der Waals surface area contributed by atoms with E-state index in [0.717, 1.165) is 17.4 Å². The maximum atomic E-state index is 14.8. The molecule has 0 bridgehead atoms. The number of nitrogens with zero attached hydrogens (tertiary/aromatic N) is 5. The van der Waals surface area contributed by atoms with Crippen LogP contribution < -0.4 is 10.6 Å². The van der Waals surface area contributed by atoms with Gasteiger partial charge in [0.1, 0.15) is 23.2 Å². The van der Waals surface area contributed by atoms with Crippen LogP contribution in [0.15, 0.2) is 36.8 Å². The van der Waals surface area contributed by atoms with Crippen LogP contribution in [0.1, 0.15) is 35.7 Å². The van der Waals surface area contributed by atoms with E-state index in [-0.39, 0.29) is 24.6 Å². The van der Waals surface area contributed by atoms with Gasteiger partial charge in [0.2, 0.25) is 0 Å². The van der Waals surface area contributed by atoms with Gasteiger partial charge in [-0.1, -0.05) is 0 Å². The van der Waals surface area contributed by atoms with Gasteiger partial charge in [-0.25, -0.2) is 14.4 Å². The van der Waals surface area contributed by atoms with Crippen LogP contribution in [0.5, 0.6) is 0 Å². The smallest absolute Gasteiger partial charge is 0.257 e. The summed E-state index contributed by atoms with van der Waals surface area (Å²) in [7, 11) is 1.77. The largest absolute Gasteiger partial charge is 0.391 e. The number of aromatic nitrogens is 5. The predicted octanol–water partition coefficient (Wildman–Crippen LogP) is 2.34. The third-order valence-electron chi connectivity index (χ3n) is 7.00. The normalized spacial score (nSPS) is 24.4. The van der Waals surface area contributed by atoms with Gasteiger partial charge in [0.25, 0.3) is 5.91 Å². The van der Waals surface area contributed by atoms with Crippen LogP contribution in [-0.4, -0.2) is 73.7 Å². The molecule has 1 aliphatic heterocycles. The Balaban J connectivity index is 1.47. The highest BCUT2D eigenvalue weighted by Gasteiger charge is 2.32. The number of halogens is 1. The molecular formula is C24H26FN7O3. The Morgan fingerprint density at radius 2 is 2.17 bits per heavy atom. The second kappa shape index (κ2) is 8.58. The van der Waals surface area contributed by atoms with Crippen LogP contribution in [-0.2, 0) is 4.74 Å². The fourth-order valence-corrected chi connectivity index (χ4v) is 4.88. The van der Waals surface area contributed by atoms with Crippen molar-refractivity contribution in [3.63, 3.8) is 0 Å². The number of fused-ring (bicyclic) bond motifs is 2. The number of hydrogen-bond donors (Lipinski definition) is 3. The van der Waals surface area contributed by atoms with Gasteiger partial charge in [0.15, 0.2) is 5.65 Å². The molecule has 0 spiro atoms. The van der Waals surface area contributed by atoms with Gasteiger partial charge in [-0.05, 0) is 31.4 Å². The summed E-state index contributed by atoms with van der Waals surface area (Å²) in [6, 6.07) is 4.98. The molecule has 6 rings (SSSR count). The molecule has 1 amide bonds. The summed E-state index contributed by atoms with van der Waals surface area (Å²) in [6.45, 7) is 0.551. The first-order valence-corrected chi connectivity index (χ1v) is 11.8. The lowest BCUT2D eigenvalue weighted by Crippen LogP contribution is -2.50. The number of ether oxygens (including phenoxy) is 1. The van der Waals surface area contributed by atoms with Crippen molar-refractivity contribution >= 4 is 28.4 Å². The molecular weight excluding hydrogens is 453 g/mol. The van der Waals surface area contributed by atoms with Crippen LogP contribution in [0.4, 0.5) is 10.2 Å². The molecule has 10 nitrogen and oxygen atoms in total. The van der Waals surface area contributed by atoms with E-state index in [0.29, 0.717) is 47.8 Å². The molecule has 4 atom stereocenters. The highest BCUT2D eigenvalue weighted by Crippen LogP contribution is 2.35. The van der Waals surface area contributed by atoms with E-state index >= 15 is 0 Å². The number of anilines is 1. The quantitative estimate of drug-likeness (QED) is 0.402. The van der Waals surface area contributed by atoms with Crippen molar-refractivity contribution in [2.75, 3.05) is 25.6 Å². The minimum atomic E-state index is -1.13. The van der Waals surface area contributed by atoms with Gasteiger partial charge in [-0.15, -0.1) is 0 Å². The average Bonchev–Trinajstić information content (AvgIpc) is 3.48. The molecule has 0 unspecified atom stereocenters. The van der Waals surface area contributed by atoms with Crippen molar-refractivity contribution in [1.82, 2.24) is 29.5 Å². The molecule has 0 radical (unpaired) electrons. The second-order valence-electron chi connectivity index (χ2n) is 9.07.